The Labute approximate surface area is 136 Å². The van der Waals surface area contributed by atoms with E-state index in [4.69, 9.17) is 4.74 Å². The predicted molar refractivity (Wildman–Crippen MR) is 92.7 cm³/mol. The van der Waals surface area contributed by atoms with Crippen molar-refractivity contribution in [1.29, 1.82) is 0 Å². The maximum atomic E-state index is 5.89. The Kier molecular flexibility index (Phi) is 7.55. The van der Waals surface area contributed by atoms with E-state index in [1.54, 1.807) is 0 Å². The molecule has 1 fully saturated rings. The molecular formula is C18H30ClNO. The van der Waals surface area contributed by atoms with Crippen LogP contribution in [0.2, 0.25) is 0 Å². The highest BCUT2D eigenvalue weighted by atomic mass is 35.5. The van der Waals surface area contributed by atoms with Crippen molar-refractivity contribution in [3.63, 3.8) is 0 Å². The van der Waals surface area contributed by atoms with Crippen LogP contribution >= 0.6 is 12.4 Å². The number of benzene rings is 1. The zero-order valence-corrected chi connectivity index (χ0v) is 14.5. The molecule has 0 aromatic heterocycles. The molecule has 1 N–H and O–H groups in total. The number of nitrogens with one attached hydrogen (secondary N) is 1. The molecule has 1 heterocycles. The lowest BCUT2D eigenvalue weighted by Gasteiger charge is -2.24. The van der Waals surface area contributed by atoms with E-state index in [1.165, 1.54) is 37.9 Å². The van der Waals surface area contributed by atoms with Gasteiger partial charge in [-0.25, -0.2) is 0 Å². The lowest BCUT2D eigenvalue weighted by molar-refractivity contribution is 0.251. The Morgan fingerprint density at radius 3 is 2.33 bits per heavy atom. The molecule has 0 unspecified atom stereocenters. The number of hydrogen-bond donors (Lipinski definition) is 1. The highest BCUT2D eigenvalue weighted by Gasteiger charge is 2.17. The average Bonchev–Trinajstić information content (AvgIpc) is 2.49. The van der Waals surface area contributed by atoms with Crippen LogP contribution in [0, 0.1) is 5.92 Å². The van der Waals surface area contributed by atoms with Crippen molar-refractivity contribution < 1.29 is 4.74 Å². The minimum absolute atomic E-state index is 0. The van der Waals surface area contributed by atoms with Gasteiger partial charge in [0.05, 0.1) is 6.61 Å². The van der Waals surface area contributed by atoms with Gasteiger partial charge in [-0.05, 0) is 67.8 Å². The van der Waals surface area contributed by atoms with Gasteiger partial charge in [-0.3, -0.25) is 0 Å². The lowest BCUT2D eigenvalue weighted by Crippen LogP contribution is -2.28. The Bertz CT molecular complexity index is 396. The highest BCUT2D eigenvalue weighted by molar-refractivity contribution is 5.85. The molecule has 3 heteroatoms. The fourth-order valence-corrected chi connectivity index (χ4v) is 2.72. The van der Waals surface area contributed by atoms with Crippen LogP contribution in [0.15, 0.2) is 24.3 Å². The van der Waals surface area contributed by atoms with Gasteiger partial charge < -0.3 is 10.1 Å². The van der Waals surface area contributed by atoms with E-state index < -0.39 is 0 Å². The van der Waals surface area contributed by atoms with Gasteiger partial charge in [0.1, 0.15) is 5.75 Å². The summed E-state index contributed by atoms with van der Waals surface area (Å²) in [6, 6.07) is 8.66. The smallest absolute Gasteiger partial charge is 0.119 e. The third-order valence-electron chi connectivity index (χ3n) is 4.77. The average molecular weight is 312 g/mol. The van der Waals surface area contributed by atoms with Crippen LogP contribution in [0.4, 0.5) is 0 Å². The molecule has 2 rings (SSSR count). The van der Waals surface area contributed by atoms with E-state index in [-0.39, 0.29) is 17.8 Å². The first-order valence-corrected chi connectivity index (χ1v) is 8.06. The van der Waals surface area contributed by atoms with Crippen molar-refractivity contribution in [2.45, 2.75) is 51.9 Å². The zero-order chi connectivity index (χ0) is 14.4. The van der Waals surface area contributed by atoms with Gasteiger partial charge >= 0.3 is 0 Å². The standard InChI is InChI=1S/C18H29NO.ClH/c1-4-18(2,3)16-5-7-17(8-6-16)20-14-11-15-9-12-19-13-10-15;/h5-8,15,19H,4,9-14H2,1-3H3;1H. The van der Waals surface area contributed by atoms with Crippen LogP contribution in [-0.2, 0) is 5.41 Å². The molecule has 1 saturated heterocycles. The van der Waals surface area contributed by atoms with E-state index in [9.17, 15) is 0 Å². The fourth-order valence-electron chi connectivity index (χ4n) is 2.72. The molecule has 0 bridgehead atoms. The summed E-state index contributed by atoms with van der Waals surface area (Å²) < 4.78 is 5.89. The van der Waals surface area contributed by atoms with Crippen molar-refractivity contribution in [2.75, 3.05) is 19.7 Å². The number of halogens is 1. The van der Waals surface area contributed by atoms with Crippen LogP contribution in [-0.4, -0.2) is 19.7 Å². The summed E-state index contributed by atoms with van der Waals surface area (Å²) in [6.45, 7) is 10.0. The fraction of sp³-hybridized carbons (Fsp3) is 0.667. The van der Waals surface area contributed by atoms with Crippen LogP contribution in [0.3, 0.4) is 0 Å². The van der Waals surface area contributed by atoms with Gasteiger partial charge in [-0.1, -0.05) is 32.9 Å². The van der Waals surface area contributed by atoms with Gasteiger partial charge in [0.25, 0.3) is 0 Å². The molecule has 2 nitrogen and oxygen atoms in total. The summed E-state index contributed by atoms with van der Waals surface area (Å²) >= 11 is 0. The first kappa shape index (κ1) is 18.3. The second-order valence-electron chi connectivity index (χ2n) is 6.59. The van der Waals surface area contributed by atoms with Gasteiger partial charge in [-0.2, -0.15) is 0 Å². The van der Waals surface area contributed by atoms with Crippen molar-refractivity contribution in [3.05, 3.63) is 29.8 Å². The summed E-state index contributed by atoms with van der Waals surface area (Å²) in [5.74, 6) is 1.85. The molecule has 1 aromatic rings. The summed E-state index contributed by atoms with van der Waals surface area (Å²) in [4.78, 5) is 0. The number of hydrogen-bond acceptors (Lipinski definition) is 2. The normalized spacial score (nSPS) is 16.3. The number of rotatable bonds is 6. The third kappa shape index (κ3) is 5.52. The minimum atomic E-state index is 0. The van der Waals surface area contributed by atoms with Crippen molar-refractivity contribution in [2.24, 2.45) is 5.92 Å². The summed E-state index contributed by atoms with van der Waals surface area (Å²) in [5.41, 5.74) is 1.65. The maximum Gasteiger partial charge on any atom is 0.119 e. The molecule has 1 aliphatic rings. The van der Waals surface area contributed by atoms with E-state index in [1.807, 2.05) is 0 Å². The molecule has 21 heavy (non-hydrogen) atoms. The summed E-state index contributed by atoms with van der Waals surface area (Å²) in [5, 5.41) is 3.41. The maximum absolute atomic E-state index is 5.89. The summed E-state index contributed by atoms with van der Waals surface area (Å²) in [7, 11) is 0. The van der Waals surface area contributed by atoms with Crippen LogP contribution in [0.25, 0.3) is 0 Å². The molecule has 120 valence electrons. The molecule has 0 radical (unpaired) electrons. The molecule has 0 atom stereocenters. The van der Waals surface area contributed by atoms with Crippen LogP contribution in [0.5, 0.6) is 5.75 Å². The Balaban J connectivity index is 0.00000220. The SMILES string of the molecule is CCC(C)(C)c1ccc(OCCC2CCNCC2)cc1.Cl. The van der Waals surface area contributed by atoms with E-state index >= 15 is 0 Å². The Morgan fingerprint density at radius 1 is 1.14 bits per heavy atom. The lowest BCUT2D eigenvalue weighted by atomic mass is 9.82. The zero-order valence-electron chi connectivity index (χ0n) is 13.7. The van der Waals surface area contributed by atoms with Crippen LogP contribution in [0.1, 0.15) is 52.0 Å². The largest absolute Gasteiger partial charge is 0.494 e. The third-order valence-corrected chi connectivity index (χ3v) is 4.77. The molecule has 0 spiro atoms. The molecular weight excluding hydrogens is 282 g/mol. The van der Waals surface area contributed by atoms with Crippen molar-refractivity contribution >= 4 is 12.4 Å². The Hall–Kier alpha value is -0.730. The predicted octanol–water partition coefficient (Wildman–Crippen LogP) is 4.56. The molecule has 1 aliphatic heterocycles. The van der Waals surface area contributed by atoms with Crippen molar-refractivity contribution in [1.82, 2.24) is 5.32 Å². The molecule has 0 saturated carbocycles. The van der Waals surface area contributed by atoms with E-state index in [2.05, 4.69) is 50.4 Å². The van der Waals surface area contributed by atoms with Gasteiger partial charge in [0.15, 0.2) is 0 Å². The van der Waals surface area contributed by atoms with E-state index in [0.29, 0.717) is 0 Å². The monoisotopic (exact) mass is 311 g/mol. The number of piperidine rings is 1. The first-order chi connectivity index (χ1) is 9.62. The summed E-state index contributed by atoms with van der Waals surface area (Å²) in [6.07, 6.45) is 4.94. The van der Waals surface area contributed by atoms with Crippen molar-refractivity contribution in [3.8, 4) is 5.75 Å². The quantitative estimate of drug-likeness (QED) is 0.831. The first-order valence-electron chi connectivity index (χ1n) is 8.06. The second kappa shape index (κ2) is 8.65. The molecule has 1 aromatic carbocycles. The van der Waals surface area contributed by atoms with Gasteiger partial charge in [-0.15, -0.1) is 12.4 Å². The minimum Gasteiger partial charge on any atom is -0.494 e. The van der Waals surface area contributed by atoms with Gasteiger partial charge in [0, 0.05) is 0 Å². The van der Waals surface area contributed by atoms with E-state index in [0.717, 1.165) is 24.7 Å². The highest BCUT2D eigenvalue weighted by Crippen LogP contribution is 2.28. The molecule has 0 aliphatic carbocycles. The number of ether oxygens (including phenoxy) is 1. The van der Waals surface area contributed by atoms with Crippen LogP contribution < -0.4 is 10.1 Å². The topological polar surface area (TPSA) is 21.3 Å². The van der Waals surface area contributed by atoms with Gasteiger partial charge in [0.2, 0.25) is 0 Å². The second-order valence-corrected chi connectivity index (χ2v) is 6.59. The Morgan fingerprint density at radius 2 is 1.76 bits per heavy atom. The molecule has 0 amide bonds.